The monoisotopic (exact) mass is 457 g/mol. The van der Waals surface area contributed by atoms with Gasteiger partial charge in [0.1, 0.15) is 5.75 Å². The van der Waals surface area contributed by atoms with Gasteiger partial charge in [-0.2, -0.15) is 0 Å². The van der Waals surface area contributed by atoms with Crippen LogP contribution < -0.4 is 4.74 Å². The fourth-order valence-electron chi connectivity index (χ4n) is 4.11. The molecule has 1 aliphatic carbocycles. The largest absolute Gasteiger partial charge is 0.504 e. The molecule has 1 aliphatic rings. The van der Waals surface area contributed by atoms with Crippen molar-refractivity contribution in [3.8, 4) is 17.2 Å². The molecular weight excluding hydrogens is 422 g/mol. The number of nitrogens with zero attached hydrogens (tertiary/aromatic N) is 1. The van der Waals surface area contributed by atoms with Gasteiger partial charge in [-0.25, -0.2) is 4.79 Å². The van der Waals surface area contributed by atoms with E-state index in [2.05, 4.69) is 31.1 Å². The molecule has 2 aromatic rings. The van der Waals surface area contributed by atoms with Gasteiger partial charge in [0.05, 0.1) is 12.7 Å². The van der Waals surface area contributed by atoms with Gasteiger partial charge in [0.2, 0.25) is 0 Å². The highest BCUT2D eigenvalue weighted by Gasteiger charge is 2.38. The summed E-state index contributed by atoms with van der Waals surface area (Å²) in [5.74, 6) is -0.524. The molecule has 0 saturated heterocycles. The van der Waals surface area contributed by atoms with Gasteiger partial charge in [0.15, 0.2) is 11.5 Å². The van der Waals surface area contributed by atoms with E-state index in [-0.39, 0.29) is 17.4 Å². The molecule has 7 heteroatoms. The summed E-state index contributed by atoms with van der Waals surface area (Å²) in [5, 5.41) is 37.4. The highest BCUT2D eigenvalue weighted by atomic mass is 16.5. The van der Waals surface area contributed by atoms with E-state index in [9.17, 15) is 9.90 Å². The fourth-order valence-corrected chi connectivity index (χ4v) is 4.11. The van der Waals surface area contributed by atoms with Crippen molar-refractivity contribution in [1.29, 1.82) is 0 Å². The highest BCUT2D eigenvalue weighted by molar-refractivity contribution is 5.85. The molecule has 1 fully saturated rings. The van der Waals surface area contributed by atoms with Gasteiger partial charge in [0.25, 0.3) is 0 Å². The van der Waals surface area contributed by atoms with Crippen LogP contribution in [0.25, 0.3) is 6.08 Å². The average molecular weight is 458 g/mol. The number of hydrogen-bond acceptors (Lipinski definition) is 6. The molecule has 0 aromatic heterocycles. The number of carboxylic acids is 1. The van der Waals surface area contributed by atoms with Crippen molar-refractivity contribution in [2.75, 3.05) is 27.7 Å². The zero-order chi connectivity index (χ0) is 24.4. The molecule has 4 N–H and O–H groups in total. The second-order valence-corrected chi connectivity index (χ2v) is 8.67. The van der Waals surface area contributed by atoms with E-state index in [1.807, 2.05) is 12.1 Å². The first kappa shape index (κ1) is 26.2. The maximum Gasteiger partial charge on any atom is 0.328 e. The molecule has 33 heavy (non-hydrogen) atoms. The summed E-state index contributed by atoms with van der Waals surface area (Å²) < 4.78 is 5.23. The first-order chi connectivity index (χ1) is 15.6. The van der Waals surface area contributed by atoms with Crippen LogP contribution in [0.15, 0.2) is 48.5 Å². The van der Waals surface area contributed by atoms with Crippen molar-refractivity contribution in [3.63, 3.8) is 0 Å². The van der Waals surface area contributed by atoms with Gasteiger partial charge in [-0.15, -0.1) is 0 Å². The Kier molecular flexibility index (Phi) is 9.75. The van der Waals surface area contributed by atoms with Gasteiger partial charge >= 0.3 is 5.97 Å². The van der Waals surface area contributed by atoms with Crippen LogP contribution in [0.1, 0.15) is 49.1 Å². The number of rotatable bonds is 7. The molecule has 0 aliphatic heterocycles. The van der Waals surface area contributed by atoms with Gasteiger partial charge in [-0.05, 0) is 68.4 Å². The van der Waals surface area contributed by atoms with E-state index >= 15 is 0 Å². The molecule has 180 valence electrons. The van der Waals surface area contributed by atoms with E-state index in [4.69, 9.17) is 20.1 Å². The molecule has 0 bridgehead atoms. The van der Waals surface area contributed by atoms with Crippen molar-refractivity contribution < 1.29 is 30.0 Å². The van der Waals surface area contributed by atoms with Crippen molar-refractivity contribution in [1.82, 2.24) is 4.90 Å². The third-order valence-corrected chi connectivity index (χ3v) is 5.85. The van der Waals surface area contributed by atoms with Crippen LogP contribution in [0, 0.1) is 0 Å². The quantitative estimate of drug-likeness (QED) is 0.364. The molecule has 0 radical (unpaired) electrons. The summed E-state index contributed by atoms with van der Waals surface area (Å²) in [6, 6.07) is 12.2. The maximum absolute atomic E-state index is 11.1. The fraction of sp³-hybridized carbons (Fsp3) is 0.423. The minimum Gasteiger partial charge on any atom is -0.504 e. The number of aliphatic hydroxyl groups is 1. The molecule has 0 spiro atoms. The maximum atomic E-state index is 11.1. The Labute approximate surface area is 195 Å². The van der Waals surface area contributed by atoms with Gasteiger partial charge in [-0.3, -0.25) is 0 Å². The van der Waals surface area contributed by atoms with Gasteiger partial charge in [0, 0.05) is 18.5 Å². The Morgan fingerprint density at radius 1 is 1.06 bits per heavy atom. The predicted molar refractivity (Wildman–Crippen MR) is 129 cm³/mol. The van der Waals surface area contributed by atoms with Crippen molar-refractivity contribution in [2.45, 2.75) is 43.6 Å². The van der Waals surface area contributed by atoms with Crippen LogP contribution in [-0.2, 0) is 4.79 Å². The number of likely N-dealkylation sites (N-methyl/N-ethyl adjacent to an activating group) is 1. The van der Waals surface area contributed by atoms with E-state index < -0.39 is 11.6 Å². The smallest absolute Gasteiger partial charge is 0.328 e. The Balaban J connectivity index is 0.000000257. The lowest BCUT2D eigenvalue weighted by Gasteiger charge is -2.40. The summed E-state index contributed by atoms with van der Waals surface area (Å²) in [6.07, 6.45) is 7.62. The number of aliphatic carboxylic acids is 1. The van der Waals surface area contributed by atoms with Crippen molar-refractivity contribution >= 4 is 12.0 Å². The van der Waals surface area contributed by atoms with Crippen LogP contribution in [0.5, 0.6) is 17.2 Å². The molecule has 1 saturated carbocycles. The number of phenols is 2. The average Bonchev–Trinajstić information content (AvgIpc) is 2.79. The summed E-state index contributed by atoms with van der Waals surface area (Å²) in [4.78, 5) is 12.3. The van der Waals surface area contributed by atoms with Gasteiger partial charge in [-0.1, -0.05) is 37.5 Å². The van der Waals surface area contributed by atoms with E-state index in [0.29, 0.717) is 5.56 Å². The lowest BCUT2D eigenvalue weighted by Crippen LogP contribution is -2.42. The zero-order valence-corrected chi connectivity index (χ0v) is 19.6. The lowest BCUT2D eigenvalue weighted by atomic mass is 9.72. The molecule has 7 nitrogen and oxygen atoms in total. The number of hydrogen-bond donors (Lipinski definition) is 4. The number of carboxylic acid groups (broad SMARTS) is 1. The van der Waals surface area contributed by atoms with Crippen LogP contribution >= 0.6 is 0 Å². The third kappa shape index (κ3) is 8.11. The normalized spacial score (nSPS) is 16.2. The molecular formula is C26H35NO6. The summed E-state index contributed by atoms with van der Waals surface area (Å²) in [5.41, 5.74) is 1.17. The number of methoxy groups -OCH3 is 1. The zero-order valence-electron chi connectivity index (χ0n) is 19.6. The molecule has 1 atom stereocenters. The van der Waals surface area contributed by atoms with Gasteiger partial charge < -0.3 is 30.1 Å². The molecule has 1 unspecified atom stereocenters. The van der Waals surface area contributed by atoms with Crippen LogP contribution in [0.3, 0.4) is 0 Å². The third-order valence-electron chi connectivity index (χ3n) is 5.85. The minimum atomic E-state index is -1.06. The van der Waals surface area contributed by atoms with Crippen LogP contribution in [-0.4, -0.2) is 64.6 Å². The Morgan fingerprint density at radius 2 is 1.70 bits per heavy atom. The summed E-state index contributed by atoms with van der Waals surface area (Å²) in [7, 11) is 5.83. The number of aromatic hydroxyl groups is 2. The molecule has 0 heterocycles. The molecule has 0 amide bonds. The second kappa shape index (κ2) is 12.3. The Morgan fingerprint density at radius 3 is 2.21 bits per heavy atom. The number of carbonyl (C=O) groups is 1. The van der Waals surface area contributed by atoms with Crippen LogP contribution in [0.2, 0.25) is 0 Å². The van der Waals surface area contributed by atoms with E-state index in [0.717, 1.165) is 44.1 Å². The van der Waals surface area contributed by atoms with E-state index in [1.165, 1.54) is 36.3 Å². The Bertz CT molecular complexity index is 917. The number of benzene rings is 2. The molecule has 2 aromatic carbocycles. The lowest BCUT2D eigenvalue weighted by molar-refractivity contribution is -0.131. The highest BCUT2D eigenvalue weighted by Crippen LogP contribution is 2.40. The van der Waals surface area contributed by atoms with Crippen molar-refractivity contribution in [2.24, 2.45) is 0 Å². The second-order valence-electron chi connectivity index (χ2n) is 8.67. The molecule has 3 rings (SSSR count). The predicted octanol–water partition coefficient (Wildman–Crippen LogP) is 4.23. The topological polar surface area (TPSA) is 110 Å². The Hall–Kier alpha value is -3.03. The van der Waals surface area contributed by atoms with E-state index in [1.54, 1.807) is 7.11 Å². The minimum absolute atomic E-state index is 0.170. The number of ether oxygens (including phenoxy) is 1. The first-order valence-corrected chi connectivity index (χ1v) is 11.1. The van der Waals surface area contributed by atoms with Crippen molar-refractivity contribution in [3.05, 3.63) is 59.7 Å². The number of phenolic OH excluding ortho intramolecular Hbond substituents is 2. The first-order valence-electron chi connectivity index (χ1n) is 11.1. The standard InChI is InChI=1S/C17H27NO2.C9H8O4/c1-18(2)13-16(17(19)11-5-4-6-12-17)14-7-9-15(20-3)10-8-14;10-7-3-1-6(5-8(7)11)2-4-9(12)13/h7-10,16,19H,4-6,11-13H2,1-3H3;1-5,10-11H,(H,12,13). The summed E-state index contributed by atoms with van der Waals surface area (Å²) >= 11 is 0. The SMILES string of the molecule is COc1ccc(C(CN(C)C)C2(O)CCCCC2)cc1.O=C(O)C=Cc1ccc(O)c(O)c1. The van der Waals surface area contributed by atoms with Crippen LogP contribution in [0.4, 0.5) is 0 Å². The summed E-state index contributed by atoms with van der Waals surface area (Å²) in [6.45, 7) is 0.878.